The molecule has 24 heavy (non-hydrogen) atoms. The maximum Gasteiger partial charge on any atom is 0.146 e. The third-order valence-corrected chi connectivity index (χ3v) is 5.94. The molecule has 2 atom stereocenters. The van der Waals surface area contributed by atoms with Crippen LogP contribution in [0.5, 0.6) is 0 Å². The van der Waals surface area contributed by atoms with Crippen molar-refractivity contribution < 1.29 is 4.74 Å². The van der Waals surface area contributed by atoms with Gasteiger partial charge in [-0.3, -0.25) is 9.80 Å². The summed E-state index contributed by atoms with van der Waals surface area (Å²) in [4.78, 5) is 5.05. The Morgan fingerprint density at radius 3 is 2.79 bits per heavy atom. The zero-order valence-electron chi connectivity index (χ0n) is 15.2. The topological polar surface area (TPSA) is 46.4 Å². The number of aromatic nitrogens is 3. The largest absolute Gasteiger partial charge is 0.377 e. The Morgan fingerprint density at radius 2 is 2.04 bits per heavy atom. The van der Waals surface area contributed by atoms with Crippen LogP contribution in [-0.4, -0.2) is 70.0 Å². The minimum atomic E-state index is 0.461. The Kier molecular flexibility index (Phi) is 4.88. The minimum absolute atomic E-state index is 0.461. The zero-order chi connectivity index (χ0) is 16.5. The van der Waals surface area contributed by atoms with E-state index < -0.39 is 0 Å². The first-order valence-electron chi connectivity index (χ1n) is 9.63. The van der Waals surface area contributed by atoms with Crippen LogP contribution in [0.25, 0.3) is 0 Å². The molecular formula is C18H31N5O. The summed E-state index contributed by atoms with van der Waals surface area (Å²) in [5, 5.41) is 8.85. The Labute approximate surface area is 145 Å². The molecule has 0 N–H and O–H groups in total. The lowest BCUT2D eigenvalue weighted by molar-refractivity contribution is -0.00281. The summed E-state index contributed by atoms with van der Waals surface area (Å²) in [6.07, 6.45) is 8.07. The van der Waals surface area contributed by atoms with E-state index in [9.17, 15) is 0 Å². The van der Waals surface area contributed by atoms with E-state index in [0.717, 1.165) is 32.1 Å². The number of rotatable bonds is 6. The van der Waals surface area contributed by atoms with E-state index in [4.69, 9.17) is 4.74 Å². The molecule has 2 saturated heterocycles. The van der Waals surface area contributed by atoms with E-state index in [1.165, 1.54) is 50.9 Å². The molecule has 1 aromatic heterocycles. The second-order valence-corrected chi connectivity index (χ2v) is 7.91. The quantitative estimate of drug-likeness (QED) is 0.794. The standard InChI is InChI=1S/C18H31N5O/c1-21(13-17-19-20-18(22(17)2)14-6-7-14)15-8-9-23(11-15)12-16-5-3-4-10-24-16/h14-16H,3-13H2,1-2H3/t15-,16+/m1/s1. The van der Waals surface area contributed by atoms with E-state index in [-0.39, 0.29) is 0 Å². The van der Waals surface area contributed by atoms with Gasteiger partial charge in [0, 0.05) is 38.7 Å². The van der Waals surface area contributed by atoms with Gasteiger partial charge in [-0.2, -0.15) is 0 Å². The van der Waals surface area contributed by atoms with E-state index >= 15 is 0 Å². The SMILES string of the molecule is CN(Cc1nnc(C2CC2)n1C)[C@@H]1CCN(C[C@@H]2CCCCO2)C1. The predicted molar refractivity (Wildman–Crippen MR) is 92.9 cm³/mol. The fourth-order valence-electron chi connectivity index (χ4n) is 4.14. The molecule has 0 bridgehead atoms. The van der Waals surface area contributed by atoms with Crippen LogP contribution in [0.2, 0.25) is 0 Å². The molecule has 4 rings (SSSR count). The first kappa shape index (κ1) is 16.5. The second kappa shape index (κ2) is 7.10. The molecule has 0 radical (unpaired) electrons. The van der Waals surface area contributed by atoms with Crippen molar-refractivity contribution in [2.75, 3.05) is 33.3 Å². The molecule has 3 heterocycles. The average Bonchev–Trinajstić information content (AvgIpc) is 3.22. The van der Waals surface area contributed by atoms with Crippen molar-refractivity contribution in [3.05, 3.63) is 11.6 Å². The Hall–Kier alpha value is -0.980. The first-order chi connectivity index (χ1) is 11.7. The van der Waals surface area contributed by atoms with Crippen LogP contribution in [0.1, 0.15) is 56.1 Å². The van der Waals surface area contributed by atoms with E-state index in [1.54, 1.807) is 0 Å². The monoisotopic (exact) mass is 333 g/mol. The van der Waals surface area contributed by atoms with Gasteiger partial charge in [-0.15, -0.1) is 10.2 Å². The van der Waals surface area contributed by atoms with E-state index in [2.05, 4.69) is 38.7 Å². The van der Waals surface area contributed by atoms with Crippen molar-refractivity contribution in [1.82, 2.24) is 24.6 Å². The summed E-state index contributed by atoms with van der Waals surface area (Å²) in [5.41, 5.74) is 0. The molecular weight excluding hydrogens is 302 g/mol. The number of nitrogens with zero attached hydrogens (tertiary/aromatic N) is 5. The fourth-order valence-corrected chi connectivity index (χ4v) is 4.14. The normalized spacial score (nSPS) is 28.8. The summed E-state index contributed by atoms with van der Waals surface area (Å²) in [5.74, 6) is 2.95. The summed E-state index contributed by atoms with van der Waals surface area (Å²) < 4.78 is 8.12. The molecule has 3 aliphatic rings. The maximum atomic E-state index is 5.90. The fraction of sp³-hybridized carbons (Fsp3) is 0.889. The van der Waals surface area contributed by atoms with Crippen LogP contribution in [-0.2, 0) is 18.3 Å². The van der Waals surface area contributed by atoms with Gasteiger partial charge < -0.3 is 9.30 Å². The van der Waals surface area contributed by atoms with Crippen molar-refractivity contribution in [2.45, 2.75) is 63.1 Å². The molecule has 0 spiro atoms. The molecule has 3 fully saturated rings. The molecule has 1 saturated carbocycles. The van der Waals surface area contributed by atoms with Gasteiger partial charge in [0.1, 0.15) is 11.6 Å². The van der Waals surface area contributed by atoms with Gasteiger partial charge in [0.2, 0.25) is 0 Å². The first-order valence-corrected chi connectivity index (χ1v) is 9.63. The smallest absolute Gasteiger partial charge is 0.146 e. The van der Waals surface area contributed by atoms with Crippen LogP contribution in [0.3, 0.4) is 0 Å². The second-order valence-electron chi connectivity index (χ2n) is 7.91. The molecule has 1 aliphatic carbocycles. The van der Waals surface area contributed by atoms with Crippen molar-refractivity contribution in [3.63, 3.8) is 0 Å². The summed E-state index contributed by atoms with van der Waals surface area (Å²) >= 11 is 0. The van der Waals surface area contributed by atoms with Gasteiger partial charge in [-0.05, 0) is 52.1 Å². The van der Waals surface area contributed by atoms with Crippen LogP contribution >= 0.6 is 0 Å². The van der Waals surface area contributed by atoms with Gasteiger partial charge >= 0.3 is 0 Å². The highest BCUT2D eigenvalue weighted by Gasteiger charge is 2.31. The van der Waals surface area contributed by atoms with Gasteiger partial charge in [0.05, 0.1) is 12.6 Å². The van der Waals surface area contributed by atoms with Crippen LogP contribution in [0, 0.1) is 0 Å². The van der Waals surface area contributed by atoms with Crippen LogP contribution < -0.4 is 0 Å². The average molecular weight is 333 g/mol. The lowest BCUT2D eigenvalue weighted by Gasteiger charge is -2.28. The number of hydrogen-bond donors (Lipinski definition) is 0. The Balaban J connectivity index is 1.28. The van der Waals surface area contributed by atoms with Gasteiger partial charge in [0.25, 0.3) is 0 Å². The predicted octanol–water partition coefficient (Wildman–Crippen LogP) is 1.77. The molecule has 6 nitrogen and oxygen atoms in total. The molecule has 2 aliphatic heterocycles. The molecule has 0 aromatic carbocycles. The lowest BCUT2D eigenvalue weighted by atomic mass is 10.1. The highest BCUT2D eigenvalue weighted by Crippen LogP contribution is 2.38. The van der Waals surface area contributed by atoms with Crippen molar-refractivity contribution in [1.29, 1.82) is 0 Å². The third-order valence-electron chi connectivity index (χ3n) is 5.94. The lowest BCUT2D eigenvalue weighted by Crippen LogP contribution is -2.38. The van der Waals surface area contributed by atoms with E-state index in [1.807, 2.05) is 0 Å². The minimum Gasteiger partial charge on any atom is -0.377 e. The highest BCUT2D eigenvalue weighted by atomic mass is 16.5. The van der Waals surface area contributed by atoms with Crippen molar-refractivity contribution >= 4 is 0 Å². The zero-order valence-corrected chi connectivity index (χ0v) is 15.2. The van der Waals surface area contributed by atoms with Gasteiger partial charge in [-0.25, -0.2) is 0 Å². The number of likely N-dealkylation sites (N-methyl/N-ethyl adjacent to an activating group) is 1. The van der Waals surface area contributed by atoms with E-state index in [0.29, 0.717) is 18.1 Å². The van der Waals surface area contributed by atoms with Crippen LogP contribution in [0.15, 0.2) is 0 Å². The number of likely N-dealkylation sites (tertiary alicyclic amines) is 1. The summed E-state index contributed by atoms with van der Waals surface area (Å²) in [6.45, 7) is 5.32. The highest BCUT2D eigenvalue weighted by molar-refractivity contribution is 5.07. The molecule has 0 amide bonds. The Bertz CT molecular complexity index is 550. The third kappa shape index (κ3) is 3.65. The van der Waals surface area contributed by atoms with Crippen molar-refractivity contribution in [2.24, 2.45) is 7.05 Å². The summed E-state index contributed by atoms with van der Waals surface area (Å²) in [6, 6.07) is 0.620. The molecule has 134 valence electrons. The Morgan fingerprint density at radius 1 is 1.17 bits per heavy atom. The van der Waals surface area contributed by atoms with Gasteiger partial charge in [0.15, 0.2) is 0 Å². The number of ether oxygens (including phenoxy) is 1. The molecule has 6 heteroatoms. The summed E-state index contributed by atoms with van der Waals surface area (Å²) in [7, 11) is 4.36. The van der Waals surface area contributed by atoms with Gasteiger partial charge in [-0.1, -0.05) is 0 Å². The van der Waals surface area contributed by atoms with Crippen LogP contribution in [0.4, 0.5) is 0 Å². The van der Waals surface area contributed by atoms with Crippen molar-refractivity contribution in [3.8, 4) is 0 Å². The maximum absolute atomic E-state index is 5.90. The molecule has 1 aromatic rings. The number of hydrogen-bond acceptors (Lipinski definition) is 5. The molecule has 0 unspecified atom stereocenters.